The van der Waals surface area contributed by atoms with Crippen LogP contribution in [0.2, 0.25) is 0 Å². The van der Waals surface area contributed by atoms with E-state index in [4.69, 9.17) is 0 Å². The number of hydrogen-bond acceptors (Lipinski definition) is 7. The molecule has 0 atom stereocenters. The van der Waals surface area contributed by atoms with E-state index in [1.807, 2.05) is 0 Å². The smallest absolute Gasteiger partial charge is 0.254 e. The molecule has 10 heteroatoms. The highest BCUT2D eigenvalue weighted by atomic mass is 32.2. The number of hydrogen-bond donors (Lipinski definition) is 2. The van der Waals surface area contributed by atoms with Crippen molar-refractivity contribution in [1.29, 1.82) is 0 Å². The number of nitrogens with one attached hydrogen (secondary N) is 2. The molecule has 0 aliphatic heterocycles. The number of benzene rings is 1. The van der Waals surface area contributed by atoms with Crippen LogP contribution in [0.3, 0.4) is 0 Å². The van der Waals surface area contributed by atoms with Gasteiger partial charge in [-0.1, -0.05) is 24.2 Å². The van der Waals surface area contributed by atoms with Gasteiger partial charge in [0.25, 0.3) is 5.91 Å². The standard InChI is InChI=1S/C20H31N5O4S/c1-13(2)7-8-21-17-9-16(10-18(11-17)30(27,28)24-14(3)4)20(26)25(6)12-19-15(5)22-29-23-19/h9-11,13-14,21,24H,7-8,12H2,1-6H3. The molecule has 0 fully saturated rings. The largest absolute Gasteiger partial charge is 0.385 e. The fourth-order valence-electron chi connectivity index (χ4n) is 2.77. The summed E-state index contributed by atoms with van der Waals surface area (Å²) in [5.41, 5.74) is 2.00. The fourth-order valence-corrected chi connectivity index (χ4v) is 4.09. The minimum Gasteiger partial charge on any atom is -0.385 e. The maximum Gasteiger partial charge on any atom is 0.254 e. The molecule has 30 heavy (non-hydrogen) atoms. The van der Waals surface area contributed by atoms with Gasteiger partial charge in [0, 0.05) is 30.9 Å². The molecule has 166 valence electrons. The zero-order chi connectivity index (χ0) is 22.5. The van der Waals surface area contributed by atoms with E-state index in [2.05, 4.69) is 38.8 Å². The molecule has 1 amide bonds. The van der Waals surface area contributed by atoms with Crippen LogP contribution < -0.4 is 10.0 Å². The summed E-state index contributed by atoms with van der Waals surface area (Å²) >= 11 is 0. The highest BCUT2D eigenvalue weighted by Gasteiger charge is 2.21. The van der Waals surface area contributed by atoms with Crippen LogP contribution in [0.25, 0.3) is 0 Å². The average molecular weight is 438 g/mol. The van der Waals surface area contributed by atoms with Gasteiger partial charge in [0.2, 0.25) is 10.0 Å². The maximum atomic E-state index is 13.0. The number of sulfonamides is 1. The van der Waals surface area contributed by atoms with Crippen molar-refractivity contribution in [3.8, 4) is 0 Å². The van der Waals surface area contributed by atoms with Crippen LogP contribution in [-0.4, -0.2) is 49.2 Å². The predicted molar refractivity (Wildman–Crippen MR) is 115 cm³/mol. The van der Waals surface area contributed by atoms with Crippen LogP contribution in [0.1, 0.15) is 55.9 Å². The van der Waals surface area contributed by atoms with Gasteiger partial charge in [0.05, 0.1) is 11.4 Å². The lowest BCUT2D eigenvalue weighted by molar-refractivity contribution is 0.0781. The summed E-state index contributed by atoms with van der Waals surface area (Å²) < 4.78 is 32.7. The Morgan fingerprint density at radius 1 is 1.17 bits per heavy atom. The summed E-state index contributed by atoms with van der Waals surface area (Å²) in [6, 6.07) is 4.34. The Labute approximate surface area is 178 Å². The zero-order valence-electron chi connectivity index (χ0n) is 18.4. The second-order valence-electron chi connectivity index (χ2n) is 8.09. The third-order valence-corrected chi connectivity index (χ3v) is 6.02. The van der Waals surface area contributed by atoms with Gasteiger partial charge in [0.15, 0.2) is 0 Å². The monoisotopic (exact) mass is 437 g/mol. The highest BCUT2D eigenvalue weighted by Crippen LogP contribution is 2.21. The first-order valence-electron chi connectivity index (χ1n) is 9.94. The molecule has 0 spiro atoms. The van der Waals surface area contributed by atoms with Gasteiger partial charge in [-0.05, 0) is 51.3 Å². The lowest BCUT2D eigenvalue weighted by Crippen LogP contribution is -2.31. The topological polar surface area (TPSA) is 117 Å². The van der Waals surface area contributed by atoms with E-state index in [1.54, 1.807) is 40.0 Å². The van der Waals surface area contributed by atoms with Crippen LogP contribution in [0.4, 0.5) is 5.69 Å². The van der Waals surface area contributed by atoms with E-state index in [0.29, 0.717) is 29.5 Å². The zero-order valence-corrected chi connectivity index (χ0v) is 19.2. The van der Waals surface area contributed by atoms with Crippen LogP contribution in [0, 0.1) is 12.8 Å². The number of nitrogens with zero attached hydrogens (tertiary/aromatic N) is 3. The van der Waals surface area contributed by atoms with E-state index < -0.39 is 10.0 Å². The average Bonchev–Trinajstić information content (AvgIpc) is 3.04. The van der Waals surface area contributed by atoms with Crippen molar-refractivity contribution in [2.75, 3.05) is 18.9 Å². The SMILES string of the molecule is Cc1nonc1CN(C)C(=O)c1cc(NCCC(C)C)cc(S(=O)(=O)NC(C)C)c1. The van der Waals surface area contributed by atoms with E-state index in [0.717, 1.165) is 6.42 Å². The Balaban J connectivity index is 2.34. The molecule has 9 nitrogen and oxygen atoms in total. The molecule has 0 bridgehead atoms. The van der Waals surface area contributed by atoms with Crippen LogP contribution in [-0.2, 0) is 16.6 Å². The van der Waals surface area contributed by atoms with E-state index in [1.165, 1.54) is 11.0 Å². The first kappa shape index (κ1) is 23.8. The molecule has 0 aliphatic carbocycles. The lowest BCUT2D eigenvalue weighted by Gasteiger charge is -2.18. The summed E-state index contributed by atoms with van der Waals surface area (Å²) in [4.78, 5) is 14.5. The van der Waals surface area contributed by atoms with Gasteiger partial charge in [0.1, 0.15) is 11.4 Å². The van der Waals surface area contributed by atoms with Gasteiger partial charge >= 0.3 is 0 Å². The van der Waals surface area contributed by atoms with Crippen molar-refractivity contribution in [3.63, 3.8) is 0 Å². The lowest BCUT2D eigenvalue weighted by atomic mass is 10.1. The molecule has 1 aromatic carbocycles. The van der Waals surface area contributed by atoms with Crippen molar-refractivity contribution in [3.05, 3.63) is 35.2 Å². The quantitative estimate of drug-likeness (QED) is 0.587. The minimum atomic E-state index is -3.76. The van der Waals surface area contributed by atoms with Crippen molar-refractivity contribution in [2.45, 2.75) is 58.5 Å². The Hall–Kier alpha value is -2.46. The van der Waals surface area contributed by atoms with Crippen LogP contribution in [0.5, 0.6) is 0 Å². The molecular formula is C20H31N5O4S. The van der Waals surface area contributed by atoms with Crippen molar-refractivity contribution < 1.29 is 17.8 Å². The van der Waals surface area contributed by atoms with Gasteiger partial charge in [-0.25, -0.2) is 17.8 Å². The van der Waals surface area contributed by atoms with Crippen LogP contribution >= 0.6 is 0 Å². The van der Waals surface area contributed by atoms with Crippen molar-refractivity contribution >= 4 is 21.6 Å². The van der Waals surface area contributed by atoms with E-state index in [-0.39, 0.29) is 29.0 Å². The second kappa shape index (κ2) is 10.0. The number of rotatable bonds is 10. The third-order valence-electron chi connectivity index (χ3n) is 4.39. The number of carbonyl (C=O) groups is 1. The van der Waals surface area contributed by atoms with Crippen LogP contribution in [0.15, 0.2) is 27.7 Å². The van der Waals surface area contributed by atoms with Crippen molar-refractivity contribution in [1.82, 2.24) is 19.9 Å². The van der Waals surface area contributed by atoms with E-state index >= 15 is 0 Å². The predicted octanol–water partition coefficient (Wildman–Crippen LogP) is 2.79. The number of aryl methyl sites for hydroxylation is 1. The Bertz CT molecular complexity index is 969. The minimum absolute atomic E-state index is 0.0433. The molecule has 1 aromatic heterocycles. The molecule has 2 aromatic rings. The first-order valence-corrected chi connectivity index (χ1v) is 11.4. The molecule has 0 radical (unpaired) electrons. The molecule has 0 saturated carbocycles. The fraction of sp³-hybridized carbons (Fsp3) is 0.550. The normalized spacial score (nSPS) is 11.9. The highest BCUT2D eigenvalue weighted by molar-refractivity contribution is 7.89. The molecule has 2 rings (SSSR count). The molecule has 0 aliphatic rings. The third kappa shape index (κ3) is 6.53. The number of carbonyl (C=O) groups excluding carboxylic acids is 1. The molecule has 0 saturated heterocycles. The Morgan fingerprint density at radius 3 is 2.43 bits per heavy atom. The van der Waals surface area contributed by atoms with Gasteiger partial charge in [-0.3, -0.25) is 4.79 Å². The summed E-state index contributed by atoms with van der Waals surface area (Å²) in [6.07, 6.45) is 0.919. The number of aromatic nitrogens is 2. The Kier molecular flexibility index (Phi) is 7.96. The summed E-state index contributed by atoms with van der Waals surface area (Å²) in [5, 5.41) is 10.7. The first-order chi connectivity index (χ1) is 14.0. The maximum absolute atomic E-state index is 13.0. The Morgan fingerprint density at radius 2 is 1.87 bits per heavy atom. The van der Waals surface area contributed by atoms with Gasteiger partial charge < -0.3 is 10.2 Å². The molecular weight excluding hydrogens is 406 g/mol. The van der Waals surface area contributed by atoms with Gasteiger partial charge in [-0.15, -0.1) is 0 Å². The van der Waals surface area contributed by atoms with Gasteiger partial charge in [-0.2, -0.15) is 0 Å². The molecule has 0 unspecified atom stereocenters. The molecule has 1 heterocycles. The van der Waals surface area contributed by atoms with Crippen molar-refractivity contribution in [2.24, 2.45) is 5.92 Å². The number of anilines is 1. The molecule has 2 N–H and O–H groups in total. The summed E-state index contributed by atoms with van der Waals surface area (Å²) in [6.45, 7) is 10.3. The van der Waals surface area contributed by atoms with E-state index in [9.17, 15) is 13.2 Å². The number of amides is 1. The second-order valence-corrected chi connectivity index (χ2v) is 9.80. The summed E-state index contributed by atoms with van der Waals surface area (Å²) in [7, 11) is -2.14. The summed E-state index contributed by atoms with van der Waals surface area (Å²) in [5.74, 6) is 0.171.